The van der Waals surface area contributed by atoms with Crippen LogP contribution in [0.1, 0.15) is 25.7 Å². The van der Waals surface area contributed by atoms with Crippen LogP contribution < -0.4 is 5.32 Å². The smallest absolute Gasteiger partial charge is 0.0652 e. The monoisotopic (exact) mass is 172 g/mol. The van der Waals surface area contributed by atoms with Gasteiger partial charge in [0, 0.05) is 12.0 Å². The minimum atomic E-state index is 0.520. The number of rotatable bonds is 2. The Morgan fingerprint density at radius 1 is 1.45 bits per heavy atom. The lowest BCUT2D eigenvalue weighted by Crippen LogP contribution is -2.38. The van der Waals surface area contributed by atoms with Crippen LogP contribution in [-0.2, 0) is 0 Å². The zero-order chi connectivity index (χ0) is 8.10. The summed E-state index contributed by atoms with van der Waals surface area (Å²) in [6.45, 7) is 0. The summed E-state index contributed by atoms with van der Waals surface area (Å²) >= 11 is 0. The molecular formula is C8H17N2P. The van der Waals surface area contributed by atoms with E-state index < -0.39 is 0 Å². The van der Waals surface area contributed by atoms with Crippen LogP contribution in [0.15, 0.2) is 4.99 Å². The van der Waals surface area contributed by atoms with Gasteiger partial charge in [0.25, 0.3) is 0 Å². The summed E-state index contributed by atoms with van der Waals surface area (Å²) < 4.78 is 0. The Morgan fingerprint density at radius 3 is 2.82 bits per heavy atom. The Kier molecular flexibility index (Phi) is 4.03. The number of nitrogens with one attached hydrogen (secondary N) is 1. The Hall–Kier alpha value is 0.0600. The van der Waals surface area contributed by atoms with Crippen LogP contribution in [0.5, 0.6) is 0 Å². The minimum Gasteiger partial charge on any atom is -0.315 e. The van der Waals surface area contributed by atoms with Gasteiger partial charge in [0.05, 0.1) is 6.04 Å². The molecule has 0 radical (unpaired) electrons. The van der Waals surface area contributed by atoms with Crippen LogP contribution in [0.4, 0.5) is 0 Å². The lowest BCUT2D eigenvalue weighted by Gasteiger charge is -2.27. The van der Waals surface area contributed by atoms with Crippen molar-refractivity contribution in [3.05, 3.63) is 0 Å². The number of hydrogen-bond donors (Lipinski definition) is 1. The molecule has 3 heteroatoms. The molecule has 3 unspecified atom stereocenters. The molecule has 0 bridgehead atoms. The molecule has 1 fully saturated rings. The molecule has 0 heterocycles. The Labute approximate surface area is 71.1 Å². The molecule has 64 valence electrons. The number of aliphatic imine (C=N–C) groups is 1. The second kappa shape index (κ2) is 4.84. The van der Waals surface area contributed by atoms with E-state index in [-0.39, 0.29) is 0 Å². The summed E-state index contributed by atoms with van der Waals surface area (Å²) in [6, 6.07) is 1.13. The number of hydrogen-bond acceptors (Lipinski definition) is 2. The molecule has 0 amide bonds. The van der Waals surface area contributed by atoms with Crippen molar-refractivity contribution in [1.82, 2.24) is 5.32 Å². The fourth-order valence-corrected chi connectivity index (χ4v) is 1.96. The third-order valence-corrected chi connectivity index (χ3v) is 2.55. The van der Waals surface area contributed by atoms with Gasteiger partial charge in [-0.2, -0.15) is 0 Å². The SMILES string of the molecule is CNC1CCCCC1N=CP. The first-order valence-corrected chi connectivity index (χ1v) is 4.95. The van der Waals surface area contributed by atoms with Gasteiger partial charge in [0.1, 0.15) is 0 Å². The molecule has 1 aliphatic carbocycles. The van der Waals surface area contributed by atoms with Gasteiger partial charge in [-0.25, -0.2) is 0 Å². The van der Waals surface area contributed by atoms with Crippen LogP contribution >= 0.6 is 9.24 Å². The molecule has 1 saturated carbocycles. The Bertz CT molecular complexity index is 136. The molecular weight excluding hydrogens is 155 g/mol. The van der Waals surface area contributed by atoms with Crippen molar-refractivity contribution in [3.63, 3.8) is 0 Å². The van der Waals surface area contributed by atoms with E-state index in [2.05, 4.69) is 19.5 Å². The Morgan fingerprint density at radius 2 is 2.18 bits per heavy atom. The van der Waals surface area contributed by atoms with Gasteiger partial charge in [-0.05, 0) is 19.9 Å². The maximum atomic E-state index is 4.41. The average Bonchev–Trinajstić information content (AvgIpc) is 2.06. The van der Waals surface area contributed by atoms with Crippen LogP contribution in [0.3, 0.4) is 0 Å². The fraction of sp³-hybridized carbons (Fsp3) is 0.875. The third kappa shape index (κ3) is 2.53. The third-order valence-electron chi connectivity index (χ3n) is 2.38. The molecule has 1 rings (SSSR count). The van der Waals surface area contributed by atoms with Gasteiger partial charge in [0.2, 0.25) is 0 Å². The summed E-state index contributed by atoms with van der Waals surface area (Å²) in [6.07, 6.45) is 5.22. The van der Waals surface area contributed by atoms with Gasteiger partial charge in [-0.15, -0.1) is 0 Å². The molecule has 0 spiro atoms. The first-order chi connectivity index (χ1) is 5.38. The normalized spacial score (nSPS) is 32.9. The van der Waals surface area contributed by atoms with Crippen molar-refractivity contribution >= 4 is 15.2 Å². The van der Waals surface area contributed by atoms with E-state index in [9.17, 15) is 0 Å². The molecule has 0 saturated heterocycles. The summed E-state index contributed by atoms with van der Waals surface area (Å²) in [5.41, 5.74) is 0. The molecule has 3 atom stereocenters. The van der Waals surface area contributed by atoms with E-state index >= 15 is 0 Å². The van der Waals surface area contributed by atoms with Crippen molar-refractivity contribution in [3.8, 4) is 0 Å². The standard InChI is InChI=1S/C8H17N2P/c1-9-7-4-2-3-5-8(7)10-6-11/h6-9H,2-5,11H2,1H3. The van der Waals surface area contributed by atoms with Gasteiger partial charge in [0.15, 0.2) is 0 Å². The molecule has 0 aliphatic heterocycles. The lowest BCUT2D eigenvalue weighted by molar-refractivity contribution is 0.347. The molecule has 2 nitrogen and oxygen atoms in total. The maximum Gasteiger partial charge on any atom is 0.0652 e. The van der Waals surface area contributed by atoms with Crippen molar-refractivity contribution in [2.75, 3.05) is 7.05 Å². The predicted molar refractivity (Wildman–Crippen MR) is 53.3 cm³/mol. The minimum absolute atomic E-state index is 0.520. The van der Waals surface area contributed by atoms with Crippen LogP contribution in [0.25, 0.3) is 0 Å². The van der Waals surface area contributed by atoms with E-state index in [1.54, 1.807) is 0 Å². The van der Waals surface area contributed by atoms with E-state index in [1.165, 1.54) is 25.7 Å². The highest BCUT2D eigenvalue weighted by atomic mass is 31.0. The van der Waals surface area contributed by atoms with E-state index in [4.69, 9.17) is 0 Å². The summed E-state index contributed by atoms with van der Waals surface area (Å²) in [5, 5.41) is 3.32. The second-order valence-corrected chi connectivity index (χ2v) is 3.34. The fourth-order valence-electron chi connectivity index (χ4n) is 1.74. The predicted octanol–water partition coefficient (Wildman–Crippen LogP) is 1.42. The van der Waals surface area contributed by atoms with E-state index in [0.717, 1.165) is 0 Å². The van der Waals surface area contributed by atoms with Crippen LogP contribution in [-0.4, -0.2) is 25.1 Å². The molecule has 1 N–H and O–H groups in total. The van der Waals surface area contributed by atoms with Gasteiger partial charge >= 0.3 is 0 Å². The molecule has 1 aliphatic rings. The number of nitrogens with zero attached hydrogens (tertiary/aromatic N) is 1. The van der Waals surface area contributed by atoms with Crippen molar-refractivity contribution in [1.29, 1.82) is 0 Å². The van der Waals surface area contributed by atoms with Crippen molar-refractivity contribution < 1.29 is 0 Å². The Balaban J connectivity index is 2.44. The second-order valence-electron chi connectivity index (χ2n) is 3.05. The highest BCUT2D eigenvalue weighted by molar-refractivity contribution is 7.36. The largest absolute Gasteiger partial charge is 0.315 e. The molecule has 11 heavy (non-hydrogen) atoms. The first kappa shape index (κ1) is 9.15. The molecule has 0 aromatic heterocycles. The summed E-state index contributed by atoms with van der Waals surface area (Å²) in [7, 11) is 4.57. The van der Waals surface area contributed by atoms with Crippen LogP contribution in [0.2, 0.25) is 0 Å². The summed E-state index contributed by atoms with van der Waals surface area (Å²) in [4.78, 5) is 4.41. The van der Waals surface area contributed by atoms with E-state index in [0.29, 0.717) is 12.1 Å². The molecule has 0 aromatic rings. The zero-order valence-corrected chi connectivity index (χ0v) is 8.24. The summed E-state index contributed by atoms with van der Waals surface area (Å²) in [5.74, 6) is 1.85. The van der Waals surface area contributed by atoms with Gasteiger partial charge in [-0.1, -0.05) is 22.1 Å². The zero-order valence-electron chi connectivity index (χ0n) is 7.09. The lowest BCUT2D eigenvalue weighted by atomic mass is 9.91. The maximum absolute atomic E-state index is 4.41. The quantitative estimate of drug-likeness (QED) is 0.494. The molecule has 0 aromatic carbocycles. The number of likely N-dealkylation sites (N-methyl/N-ethyl adjacent to an activating group) is 1. The van der Waals surface area contributed by atoms with Crippen molar-refractivity contribution in [2.45, 2.75) is 37.8 Å². The van der Waals surface area contributed by atoms with E-state index in [1.807, 2.05) is 13.0 Å². The topological polar surface area (TPSA) is 24.4 Å². The highest BCUT2D eigenvalue weighted by Gasteiger charge is 2.21. The average molecular weight is 172 g/mol. The first-order valence-electron chi connectivity index (χ1n) is 4.29. The van der Waals surface area contributed by atoms with Gasteiger partial charge in [-0.3, -0.25) is 4.99 Å². The van der Waals surface area contributed by atoms with Crippen molar-refractivity contribution in [2.24, 2.45) is 4.99 Å². The van der Waals surface area contributed by atoms with Crippen LogP contribution in [0, 0.1) is 0 Å². The highest BCUT2D eigenvalue weighted by Crippen LogP contribution is 2.20. The van der Waals surface area contributed by atoms with Gasteiger partial charge < -0.3 is 5.32 Å².